The number of nitrogens with one attached hydrogen (secondary N) is 3. The largest absolute Gasteiger partial charge is 0.377 e. The molecule has 34 heavy (non-hydrogen) atoms. The predicted octanol–water partition coefficient (Wildman–Crippen LogP) is 4.52. The van der Waals surface area contributed by atoms with Crippen molar-refractivity contribution in [3.8, 4) is 11.1 Å². The van der Waals surface area contributed by atoms with E-state index < -0.39 is 17.5 Å². The fraction of sp³-hybridized carbons (Fsp3) is 0.417. The van der Waals surface area contributed by atoms with Gasteiger partial charge in [-0.25, -0.2) is 23.5 Å². The first kappa shape index (κ1) is 23.7. The van der Waals surface area contributed by atoms with Gasteiger partial charge in [-0.1, -0.05) is 0 Å². The monoisotopic (exact) mass is 470 g/mol. The van der Waals surface area contributed by atoms with Gasteiger partial charge >= 0.3 is 6.03 Å². The van der Waals surface area contributed by atoms with Crippen molar-refractivity contribution in [1.29, 1.82) is 0 Å². The Labute approximate surface area is 196 Å². The molecule has 2 amide bonds. The SMILES string of the molecule is Cc1cc(F)c(NC(=O)NCCC(C)(C)F)cc1-c1cc2cnc(NC3COC3)nc2nc1C. The standard InChI is InChI=1S/C24H28F2N6O2/c1-13-7-19(25)20(31-23(33)27-6-5-24(3,4)26)9-17(13)18-8-15-10-28-22(30-16-11-34-12-16)32-21(15)29-14(18)2/h7-10,16H,5-6,11-12H2,1-4H3,(H2,27,31,33)(H,28,29,30,32). The smallest absolute Gasteiger partial charge is 0.319 e. The Hall–Kier alpha value is -3.40. The predicted molar refractivity (Wildman–Crippen MR) is 127 cm³/mol. The number of hydrogen-bond acceptors (Lipinski definition) is 6. The number of anilines is 2. The van der Waals surface area contributed by atoms with Crippen molar-refractivity contribution in [2.75, 3.05) is 30.4 Å². The van der Waals surface area contributed by atoms with Crippen LogP contribution in [-0.2, 0) is 4.74 Å². The van der Waals surface area contributed by atoms with Crippen molar-refractivity contribution in [2.24, 2.45) is 0 Å². The van der Waals surface area contributed by atoms with Crippen molar-refractivity contribution >= 4 is 28.7 Å². The topological polar surface area (TPSA) is 101 Å². The molecule has 0 aliphatic carbocycles. The van der Waals surface area contributed by atoms with Crippen LogP contribution in [0.5, 0.6) is 0 Å². The Kier molecular flexibility index (Phi) is 6.60. The number of urea groups is 1. The summed E-state index contributed by atoms with van der Waals surface area (Å²) in [5, 5.41) is 9.01. The van der Waals surface area contributed by atoms with Gasteiger partial charge < -0.3 is 20.7 Å². The van der Waals surface area contributed by atoms with E-state index in [1.807, 2.05) is 13.0 Å². The van der Waals surface area contributed by atoms with Crippen LogP contribution in [0.4, 0.5) is 25.2 Å². The van der Waals surface area contributed by atoms with Gasteiger partial charge in [-0.15, -0.1) is 0 Å². The third-order valence-corrected chi connectivity index (χ3v) is 5.59. The van der Waals surface area contributed by atoms with Gasteiger partial charge in [-0.05, 0) is 63.4 Å². The number of carbonyl (C=O) groups excluding carboxylic acids is 1. The second-order valence-electron chi connectivity index (χ2n) is 9.10. The molecule has 1 aliphatic rings. The van der Waals surface area contributed by atoms with E-state index in [0.29, 0.717) is 36.1 Å². The minimum absolute atomic E-state index is 0.0237. The summed E-state index contributed by atoms with van der Waals surface area (Å²) in [5.41, 5.74) is 2.08. The first-order valence-electron chi connectivity index (χ1n) is 11.1. The summed E-state index contributed by atoms with van der Waals surface area (Å²) in [5.74, 6) is -0.0697. The number of nitrogens with zero attached hydrogens (tertiary/aromatic N) is 3. The summed E-state index contributed by atoms with van der Waals surface area (Å²) < 4.78 is 33.4. The van der Waals surface area contributed by atoms with E-state index in [0.717, 1.165) is 16.5 Å². The van der Waals surface area contributed by atoms with E-state index in [9.17, 15) is 13.6 Å². The maximum atomic E-state index is 14.6. The quantitative estimate of drug-likeness (QED) is 0.470. The summed E-state index contributed by atoms with van der Waals surface area (Å²) in [4.78, 5) is 25.7. The van der Waals surface area contributed by atoms with Crippen LogP contribution in [-0.4, -0.2) is 52.5 Å². The van der Waals surface area contributed by atoms with Crippen LogP contribution < -0.4 is 16.0 Å². The molecule has 3 heterocycles. The Bertz CT molecular complexity index is 1220. The van der Waals surface area contributed by atoms with Crippen LogP contribution >= 0.6 is 0 Å². The van der Waals surface area contributed by atoms with E-state index in [4.69, 9.17) is 4.74 Å². The molecule has 0 saturated carbocycles. The second-order valence-corrected chi connectivity index (χ2v) is 9.10. The van der Waals surface area contributed by atoms with Crippen LogP contribution in [0.25, 0.3) is 22.2 Å². The number of fused-ring (bicyclic) bond motifs is 1. The summed E-state index contributed by atoms with van der Waals surface area (Å²) in [7, 11) is 0. The zero-order valence-electron chi connectivity index (χ0n) is 19.6. The summed E-state index contributed by atoms with van der Waals surface area (Å²) >= 11 is 0. The summed E-state index contributed by atoms with van der Waals surface area (Å²) in [6.07, 6.45) is 1.84. The molecule has 1 fully saturated rings. The lowest BCUT2D eigenvalue weighted by atomic mass is 9.97. The highest BCUT2D eigenvalue weighted by Gasteiger charge is 2.20. The van der Waals surface area contributed by atoms with E-state index in [-0.39, 0.29) is 24.7 Å². The first-order chi connectivity index (χ1) is 16.1. The van der Waals surface area contributed by atoms with Crippen LogP contribution in [0, 0.1) is 19.7 Å². The Balaban J connectivity index is 1.57. The molecule has 0 radical (unpaired) electrons. The molecule has 1 aromatic carbocycles. The molecule has 4 rings (SSSR count). The molecule has 0 unspecified atom stereocenters. The average Bonchev–Trinajstić information content (AvgIpc) is 2.71. The van der Waals surface area contributed by atoms with Crippen molar-refractivity contribution in [1.82, 2.24) is 20.3 Å². The van der Waals surface area contributed by atoms with E-state index >= 15 is 0 Å². The number of rotatable bonds is 7. The van der Waals surface area contributed by atoms with Gasteiger partial charge in [-0.3, -0.25) is 0 Å². The van der Waals surface area contributed by atoms with Gasteiger partial charge in [0, 0.05) is 29.4 Å². The molecular weight excluding hydrogens is 442 g/mol. The number of amides is 2. The van der Waals surface area contributed by atoms with Gasteiger partial charge in [0.05, 0.1) is 24.9 Å². The molecular formula is C24H28F2N6O2. The van der Waals surface area contributed by atoms with Gasteiger partial charge in [-0.2, -0.15) is 4.98 Å². The Morgan fingerprint density at radius 1 is 1.18 bits per heavy atom. The van der Waals surface area contributed by atoms with Gasteiger partial charge in [0.25, 0.3) is 0 Å². The third-order valence-electron chi connectivity index (χ3n) is 5.59. The highest BCUT2D eigenvalue weighted by Crippen LogP contribution is 2.32. The Morgan fingerprint density at radius 2 is 1.94 bits per heavy atom. The van der Waals surface area contributed by atoms with Gasteiger partial charge in [0.15, 0.2) is 5.65 Å². The fourth-order valence-corrected chi connectivity index (χ4v) is 3.59. The highest BCUT2D eigenvalue weighted by molar-refractivity contribution is 5.91. The number of benzene rings is 1. The van der Waals surface area contributed by atoms with Gasteiger partial charge in [0.2, 0.25) is 5.95 Å². The zero-order valence-corrected chi connectivity index (χ0v) is 19.6. The van der Waals surface area contributed by atoms with E-state index in [1.54, 1.807) is 19.2 Å². The minimum Gasteiger partial charge on any atom is -0.377 e. The summed E-state index contributed by atoms with van der Waals surface area (Å²) in [6.45, 7) is 7.89. The van der Waals surface area contributed by atoms with E-state index in [2.05, 4.69) is 30.9 Å². The van der Waals surface area contributed by atoms with Crippen molar-refractivity contribution in [3.63, 3.8) is 0 Å². The lowest BCUT2D eigenvalue weighted by molar-refractivity contribution is 0.0208. The van der Waals surface area contributed by atoms with Crippen molar-refractivity contribution in [3.05, 3.63) is 41.5 Å². The number of hydrogen-bond donors (Lipinski definition) is 3. The fourth-order valence-electron chi connectivity index (χ4n) is 3.59. The number of aromatic nitrogens is 3. The number of alkyl halides is 1. The highest BCUT2D eigenvalue weighted by atomic mass is 19.1. The van der Waals surface area contributed by atoms with Gasteiger partial charge in [0.1, 0.15) is 11.5 Å². The molecule has 180 valence electrons. The number of ether oxygens (including phenoxy) is 1. The molecule has 0 bridgehead atoms. The first-order valence-corrected chi connectivity index (χ1v) is 11.1. The van der Waals surface area contributed by atoms with E-state index in [1.165, 1.54) is 19.9 Å². The van der Waals surface area contributed by atoms with Crippen LogP contribution in [0.2, 0.25) is 0 Å². The number of pyridine rings is 1. The molecule has 3 N–H and O–H groups in total. The molecule has 8 nitrogen and oxygen atoms in total. The van der Waals surface area contributed by atoms with Crippen LogP contribution in [0.3, 0.4) is 0 Å². The third kappa shape index (κ3) is 5.56. The lowest BCUT2D eigenvalue weighted by Crippen LogP contribution is -2.40. The number of aryl methyl sites for hydroxylation is 2. The van der Waals surface area contributed by atoms with Crippen LogP contribution in [0.1, 0.15) is 31.5 Å². The molecule has 3 aromatic rings. The Morgan fingerprint density at radius 3 is 2.62 bits per heavy atom. The number of halogens is 2. The normalized spacial score (nSPS) is 14.1. The van der Waals surface area contributed by atoms with Crippen LogP contribution in [0.15, 0.2) is 24.4 Å². The second kappa shape index (κ2) is 9.46. The zero-order chi connectivity index (χ0) is 24.5. The molecule has 2 aromatic heterocycles. The molecule has 0 atom stereocenters. The molecule has 1 saturated heterocycles. The minimum atomic E-state index is -1.40. The molecule has 1 aliphatic heterocycles. The number of carbonyl (C=O) groups is 1. The molecule has 0 spiro atoms. The van der Waals surface area contributed by atoms with Crippen molar-refractivity contribution in [2.45, 2.75) is 45.8 Å². The molecule has 10 heteroatoms. The summed E-state index contributed by atoms with van der Waals surface area (Å²) in [6, 6.07) is 4.44. The maximum Gasteiger partial charge on any atom is 0.319 e. The lowest BCUT2D eigenvalue weighted by Gasteiger charge is -2.26. The average molecular weight is 471 g/mol. The van der Waals surface area contributed by atoms with Crippen molar-refractivity contribution < 1.29 is 18.3 Å². The maximum absolute atomic E-state index is 14.6.